The maximum Gasteiger partial charge on any atom is 0.302 e. The maximum absolute atomic E-state index is 5.61. The Hall–Kier alpha value is -1.75. The lowest BCUT2D eigenvalue weighted by atomic mass is 10.4. The lowest BCUT2D eigenvalue weighted by Crippen LogP contribution is -2.25. The number of hydrogen-bond acceptors (Lipinski definition) is 5. The van der Waals surface area contributed by atoms with Crippen molar-refractivity contribution in [1.29, 1.82) is 0 Å². The van der Waals surface area contributed by atoms with Crippen LogP contribution in [0.3, 0.4) is 0 Å². The highest BCUT2D eigenvalue weighted by atomic mass is 32.2. The van der Waals surface area contributed by atoms with E-state index < -0.39 is 0 Å². The van der Waals surface area contributed by atoms with Crippen molar-refractivity contribution >= 4 is 23.8 Å². The quantitative estimate of drug-likeness (QED) is 0.753. The molecular formula is C11H9N3OS. The van der Waals surface area contributed by atoms with Crippen LogP contribution in [0.4, 0.5) is 5.82 Å². The molecule has 5 heteroatoms. The van der Waals surface area contributed by atoms with E-state index in [-0.39, 0.29) is 6.10 Å². The van der Waals surface area contributed by atoms with Gasteiger partial charge in [0.2, 0.25) is 0 Å². The summed E-state index contributed by atoms with van der Waals surface area (Å²) in [5.74, 6) is 0.701. The second kappa shape index (κ2) is 4.02. The zero-order chi connectivity index (χ0) is 10.8. The van der Waals surface area contributed by atoms with Gasteiger partial charge in [0.15, 0.2) is 5.82 Å². The second-order valence-electron chi connectivity index (χ2n) is 3.30. The zero-order valence-corrected chi connectivity index (χ0v) is 9.15. The molecule has 2 heterocycles. The van der Waals surface area contributed by atoms with Gasteiger partial charge in [-0.05, 0) is 36.2 Å². The monoisotopic (exact) mass is 231 g/mol. The van der Waals surface area contributed by atoms with Gasteiger partial charge in [0.05, 0.1) is 4.90 Å². The molecule has 4 nitrogen and oxygen atoms in total. The summed E-state index contributed by atoms with van der Waals surface area (Å²) in [6, 6.07) is 4.35. The molecule has 0 radical (unpaired) electrons. The van der Waals surface area contributed by atoms with Crippen LogP contribution in [0.2, 0.25) is 0 Å². The molecule has 1 aromatic rings. The summed E-state index contributed by atoms with van der Waals surface area (Å²) >= 11 is 1.46. The summed E-state index contributed by atoms with van der Waals surface area (Å²) in [4.78, 5) is 9.48. The van der Waals surface area contributed by atoms with Crippen LogP contribution in [0, 0.1) is 0 Å². The summed E-state index contributed by atoms with van der Waals surface area (Å²) in [5.41, 5.74) is 0. The summed E-state index contributed by atoms with van der Waals surface area (Å²) in [6.07, 6.45) is 9.52. The van der Waals surface area contributed by atoms with Crippen molar-refractivity contribution in [1.82, 2.24) is 9.71 Å². The molecule has 80 valence electrons. The van der Waals surface area contributed by atoms with Gasteiger partial charge in [-0.3, -0.25) is 4.72 Å². The molecule has 1 aliphatic heterocycles. The summed E-state index contributed by atoms with van der Waals surface area (Å²) in [5, 5.41) is 0. The molecule has 0 fully saturated rings. The number of ether oxygens (including phenoxy) is 1. The van der Waals surface area contributed by atoms with E-state index in [2.05, 4.69) is 14.7 Å². The molecule has 1 aromatic heterocycles. The number of rotatable bonds is 1. The van der Waals surface area contributed by atoms with Gasteiger partial charge in [0.25, 0.3) is 0 Å². The van der Waals surface area contributed by atoms with Crippen LogP contribution in [-0.2, 0) is 4.74 Å². The van der Waals surface area contributed by atoms with Crippen LogP contribution in [-0.4, -0.2) is 17.1 Å². The van der Waals surface area contributed by atoms with Gasteiger partial charge in [-0.1, -0.05) is 12.2 Å². The smallest absolute Gasteiger partial charge is 0.302 e. The Morgan fingerprint density at radius 1 is 1.31 bits per heavy atom. The molecule has 0 atom stereocenters. The molecule has 3 rings (SSSR count). The Balaban J connectivity index is 1.81. The largest absolute Gasteiger partial charge is 0.453 e. The molecule has 0 saturated carbocycles. The van der Waals surface area contributed by atoms with Gasteiger partial charge >= 0.3 is 6.02 Å². The lowest BCUT2D eigenvalue weighted by molar-refractivity contribution is 0.277. The fourth-order valence-corrected chi connectivity index (χ4v) is 2.06. The topological polar surface area (TPSA) is 46.5 Å². The molecule has 0 unspecified atom stereocenters. The highest BCUT2D eigenvalue weighted by Crippen LogP contribution is 2.28. The van der Waals surface area contributed by atoms with Gasteiger partial charge in [0, 0.05) is 6.20 Å². The first-order valence-corrected chi connectivity index (χ1v) is 5.72. The molecule has 1 aliphatic carbocycles. The third-order valence-corrected chi connectivity index (χ3v) is 2.98. The molecule has 0 saturated heterocycles. The number of hydrogen-bond donors (Lipinski definition) is 1. The number of aromatic nitrogens is 1. The molecule has 0 spiro atoms. The Morgan fingerprint density at radius 3 is 3.06 bits per heavy atom. The third kappa shape index (κ3) is 1.81. The van der Waals surface area contributed by atoms with Crippen LogP contribution in [0.25, 0.3) is 0 Å². The number of amidine groups is 1. The van der Waals surface area contributed by atoms with Crippen LogP contribution < -0.4 is 4.72 Å². The highest BCUT2D eigenvalue weighted by molar-refractivity contribution is 7.98. The lowest BCUT2D eigenvalue weighted by Gasteiger charge is -2.17. The Labute approximate surface area is 97.3 Å². The molecule has 0 amide bonds. The average molecular weight is 231 g/mol. The minimum atomic E-state index is -0.0305. The van der Waals surface area contributed by atoms with E-state index in [0.717, 1.165) is 4.90 Å². The first-order chi connectivity index (χ1) is 7.92. The van der Waals surface area contributed by atoms with Gasteiger partial charge < -0.3 is 4.74 Å². The van der Waals surface area contributed by atoms with Crippen LogP contribution >= 0.6 is 11.9 Å². The van der Waals surface area contributed by atoms with Crippen LogP contribution in [0.5, 0.6) is 0 Å². The third-order valence-electron chi connectivity index (χ3n) is 2.17. The predicted molar refractivity (Wildman–Crippen MR) is 63.5 cm³/mol. The standard InChI is InChI=1S/C11H9N3OS/c1-2-5-8(4-1)15-11-13-10-9(16-14-11)6-3-7-12-10/h1-8H,(H,12,13,14). The number of pyridine rings is 1. The molecule has 1 N–H and O–H groups in total. The van der Waals surface area contributed by atoms with E-state index in [0.29, 0.717) is 11.8 Å². The van der Waals surface area contributed by atoms with E-state index in [1.807, 2.05) is 36.4 Å². The fraction of sp³-hybridized carbons (Fsp3) is 0.0909. The second-order valence-corrected chi connectivity index (χ2v) is 4.15. The molecule has 0 bridgehead atoms. The van der Waals surface area contributed by atoms with Gasteiger partial charge in [-0.25, -0.2) is 4.98 Å². The van der Waals surface area contributed by atoms with E-state index in [1.54, 1.807) is 6.20 Å². The van der Waals surface area contributed by atoms with Crippen molar-refractivity contribution in [2.75, 3.05) is 0 Å². The number of nitrogens with zero attached hydrogens (tertiary/aromatic N) is 2. The van der Waals surface area contributed by atoms with Crippen molar-refractivity contribution in [2.24, 2.45) is 4.99 Å². The summed E-state index contributed by atoms with van der Waals surface area (Å²) in [6.45, 7) is 0. The SMILES string of the molecule is C1=CC(OC2=Nc3ncccc3SN2)C=C1. The minimum Gasteiger partial charge on any atom is -0.453 e. The van der Waals surface area contributed by atoms with Crippen molar-refractivity contribution in [3.05, 3.63) is 42.6 Å². The molecule has 16 heavy (non-hydrogen) atoms. The molecular weight excluding hydrogens is 222 g/mol. The number of fused-ring (bicyclic) bond motifs is 1. The van der Waals surface area contributed by atoms with E-state index in [1.165, 1.54) is 11.9 Å². The Morgan fingerprint density at radius 2 is 2.19 bits per heavy atom. The van der Waals surface area contributed by atoms with E-state index in [4.69, 9.17) is 4.74 Å². The first-order valence-electron chi connectivity index (χ1n) is 4.90. The Bertz CT molecular complexity index is 484. The normalized spacial score (nSPS) is 17.9. The minimum absolute atomic E-state index is 0.0305. The predicted octanol–water partition coefficient (Wildman–Crippen LogP) is 2.19. The average Bonchev–Trinajstić information content (AvgIpc) is 2.82. The van der Waals surface area contributed by atoms with Crippen molar-refractivity contribution in [3.63, 3.8) is 0 Å². The number of aliphatic imine (C=N–C) groups is 1. The van der Waals surface area contributed by atoms with Gasteiger partial charge in [0.1, 0.15) is 6.10 Å². The zero-order valence-electron chi connectivity index (χ0n) is 8.33. The van der Waals surface area contributed by atoms with Crippen LogP contribution in [0.15, 0.2) is 52.5 Å². The van der Waals surface area contributed by atoms with Crippen molar-refractivity contribution in [3.8, 4) is 0 Å². The first kappa shape index (κ1) is 9.47. The van der Waals surface area contributed by atoms with Gasteiger partial charge in [-0.15, -0.1) is 0 Å². The maximum atomic E-state index is 5.61. The van der Waals surface area contributed by atoms with Crippen molar-refractivity contribution in [2.45, 2.75) is 11.0 Å². The van der Waals surface area contributed by atoms with Crippen LogP contribution in [0.1, 0.15) is 0 Å². The van der Waals surface area contributed by atoms with E-state index in [9.17, 15) is 0 Å². The highest BCUT2D eigenvalue weighted by Gasteiger charge is 2.16. The molecule has 2 aliphatic rings. The van der Waals surface area contributed by atoms with Gasteiger partial charge in [-0.2, -0.15) is 4.99 Å². The molecule has 0 aromatic carbocycles. The number of allylic oxidation sites excluding steroid dienone is 2. The summed E-state index contributed by atoms with van der Waals surface area (Å²) in [7, 11) is 0. The summed E-state index contributed by atoms with van der Waals surface area (Å²) < 4.78 is 8.65. The van der Waals surface area contributed by atoms with E-state index >= 15 is 0 Å². The number of nitrogens with one attached hydrogen (secondary N) is 1. The fourth-order valence-electron chi connectivity index (χ4n) is 1.43. The van der Waals surface area contributed by atoms with Crippen molar-refractivity contribution < 1.29 is 4.74 Å². The Kier molecular flexibility index (Phi) is 2.38.